The summed E-state index contributed by atoms with van der Waals surface area (Å²) in [5.41, 5.74) is 6.14. The van der Waals surface area contributed by atoms with Crippen molar-refractivity contribution in [2.24, 2.45) is 0 Å². The third kappa shape index (κ3) is 5.07. The third-order valence-electron chi connectivity index (χ3n) is 6.81. The summed E-state index contributed by atoms with van der Waals surface area (Å²) >= 11 is 18.7. The second-order valence-electron chi connectivity index (χ2n) is 9.32. The van der Waals surface area contributed by atoms with Gasteiger partial charge < -0.3 is 24.8 Å². The molecule has 2 aromatic heterocycles. The first-order valence-electron chi connectivity index (χ1n) is 12.3. The second kappa shape index (κ2) is 10.9. The van der Waals surface area contributed by atoms with Crippen LogP contribution in [0, 0.1) is 13.8 Å². The number of carbonyl (C=O) groups excluding carboxylic acids is 1. The van der Waals surface area contributed by atoms with Crippen LogP contribution < -0.4 is 20.3 Å². The third-order valence-corrected chi connectivity index (χ3v) is 7.66. The number of benzene rings is 2. The van der Waals surface area contributed by atoms with E-state index in [1.54, 1.807) is 19.4 Å². The molecule has 2 aromatic carbocycles. The van der Waals surface area contributed by atoms with E-state index in [2.05, 4.69) is 38.1 Å². The molecule has 1 amide bonds. The number of hydrogen-bond donors (Lipinski definition) is 2. The van der Waals surface area contributed by atoms with E-state index < -0.39 is 0 Å². The molecule has 0 aliphatic carbocycles. The molecule has 1 saturated heterocycles. The van der Waals surface area contributed by atoms with Crippen LogP contribution in [0.25, 0.3) is 5.69 Å². The van der Waals surface area contributed by atoms with Crippen molar-refractivity contribution in [3.63, 3.8) is 0 Å². The average molecular weight is 581 g/mol. The number of rotatable bonds is 6. The van der Waals surface area contributed by atoms with E-state index in [4.69, 9.17) is 40.2 Å². The maximum Gasteiger partial charge on any atom is 0.221 e. The van der Waals surface area contributed by atoms with Gasteiger partial charge in [-0.25, -0.2) is 0 Å². The molecule has 1 aliphatic heterocycles. The lowest BCUT2D eigenvalue weighted by Gasteiger charge is -2.29. The van der Waals surface area contributed by atoms with Crippen LogP contribution in [-0.2, 0) is 4.79 Å². The lowest BCUT2D eigenvalue weighted by Crippen LogP contribution is -2.29. The number of pyridine rings is 1. The monoisotopic (exact) mass is 579 g/mol. The minimum absolute atomic E-state index is 0.195. The van der Waals surface area contributed by atoms with Crippen molar-refractivity contribution >= 4 is 57.8 Å². The zero-order valence-electron chi connectivity index (χ0n) is 21.8. The highest BCUT2D eigenvalue weighted by atomic mass is 35.5. The summed E-state index contributed by atoms with van der Waals surface area (Å²) < 4.78 is 7.61. The van der Waals surface area contributed by atoms with E-state index in [0.717, 1.165) is 34.0 Å². The molecule has 200 valence electrons. The molecule has 3 heterocycles. The molecule has 0 unspecified atom stereocenters. The van der Waals surface area contributed by atoms with Crippen molar-refractivity contribution in [1.29, 1.82) is 0 Å². The Bertz CT molecular complexity index is 1570. The van der Waals surface area contributed by atoms with E-state index in [1.165, 1.54) is 6.92 Å². The topological polar surface area (TPSA) is 71.4 Å². The van der Waals surface area contributed by atoms with Crippen LogP contribution in [0.15, 0.2) is 66.9 Å². The number of halogens is 2. The number of ether oxygens (including phenoxy) is 1. The highest BCUT2D eigenvalue weighted by Crippen LogP contribution is 2.45. The Kier molecular flexibility index (Phi) is 7.53. The van der Waals surface area contributed by atoms with Gasteiger partial charge in [-0.1, -0.05) is 29.3 Å². The van der Waals surface area contributed by atoms with Crippen molar-refractivity contribution < 1.29 is 9.53 Å². The van der Waals surface area contributed by atoms with Gasteiger partial charge >= 0.3 is 0 Å². The Morgan fingerprint density at radius 3 is 2.56 bits per heavy atom. The smallest absolute Gasteiger partial charge is 0.221 e. The molecule has 2 N–H and O–H groups in total. The Morgan fingerprint density at radius 1 is 1.10 bits per heavy atom. The number of nitrogens with zero attached hydrogens (tertiary/aromatic N) is 3. The molecule has 1 aliphatic rings. The van der Waals surface area contributed by atoms with Gasteiger partial charge in [-0.15, -0.1) is 0 Å². The molecule has 2 atom stereocenters. The van der Waals surface area contributed by atoms with Gasteiger partial charge in [-0.05, 0) is 86.2 Å². The van der Waals surface area contributed by atoms with Crippen molar-refractivity contribution in [3.05, 3.63) is 99.6 Å². The molecule has 0 radical (unpaired) electrons. The molecule has 4 aromatic rings. The Hall–Kier alpha value is -3.59. The quantitative estimate of drug-likeness (QED) is 0.241. The number of anilines is 2. The normalized spacial score (nSPS) is 16.8. The average Bonchev–Trinajstić information content (AvgIpc) is 3.39. The van der Waals surface area contributed by atoms with Gasteiger partial charge in [0.05, 0.1) is 41.3 Å². The highest BCUT2D eigenvalue weighted by Gasteiger charge is 2.42. The van der Waals surface area contributed by atoms with Gasteiger partial charge in [0, 0.05) is 35.2 Å². The predicted octanol–water partition coefficient (Wildman–Crippen LogP) is 6.94. The molecule has 0 spiro atoms. The van der Waals surface area contributed by atoms with Crippen LogP contribution in [0.1, 0.15) is 41.7 Å². The molecule has 5 rings (SSSR count). The Labute approximate surface area is 242 Å². The largest absolute Gasteiger partial charge is 0.495 e. The summed E-state index contributed by atoms with van der Waals surface area (Å²) in [4.78, 5) is 18.6. The van der Waals surface area contributed by atoms with E-state index >= 15 is 0 Å². The number of aryl methyl sites for hydroxylation is 1. The van der Waals surface area contributed by atoms with Crippen molar-refractivity contribution in [2.45, 2.75) is 32.9 Å². The summed E-state index contributed by atoms with van der Waals surface area (Å²) in [5, 5.41) is 8.04. The summed E-state index contributed by atoms with van der Waals surface area (Å²) in [6.45, 7) is 5.58. The minimum Gasteiger partial charge on any atom is -0.495 e. The first kappa shape index (κ1) is 27.0. The fourth-order valence-corrected chi connectivity index (χ4v) is 6.04. The first-order chi connectivity index (χ1) is 18.7. The van der Waals surface area contributed by atoms with E-state index in [-0.39, 0.29) is 18.0 Å². The van der Waals surface area contributed by atoms with Crippen LogP contribution >= 0.6 is 35.4 Å². The number of hydrogen-bond acceptors (Lipinski definition) is 4. The maximum atomic E-state index is 11.9. The lowest BCUT2D eigenvalue weighted by molar-refractivity contribution is -0.114. The van der Waals surface area contributed by atoms with Crippen molar-refractivity contribution in [1.82, 2.24) is 14.9 Å². The van der Waals surface area contributed by atoms with Crippen molar-refractivity contribution in [2.75, 3.05) is 17.3 Å². The van der Waals surface area contributed by atoms with Crippen LogP contribution in [0.5, 0.6) is 5.75 Å². The molecule has 0 bridgehead atoms. The van der Waals surface area contributed by atoms with E-state index in [0.29, 0.717) is 26.6 Å². The van der Waals surface area contributed by atoms with Gasteiger partial charge in [-0.2, -0.15) is 0 Å². The zero-order valence-corrected chi connectivity index (χ0v) is 24.2. The molecule has 39 heavy (non-hydrogen) atoms. The Balaban J connectivity index is 1.69. The second-order valence-corrected chi connectivity index (χ2v) is 10.6. The number of thiocarbonyl (C=S) groups is 1. The summed E-state index contributed by atoms with van der Waals surface area (Å²) in [7, 11) is 1.57. The van der Waals surface area contributed by atoms with Gasteiger partial charge in [0.25, 0.3) is 0 Å². The van der Waals surface area contributed by atoms with Crippen LogP contribution in [-0.4, -0.2) is 27.7 Å². The van der Waals surface area contributed by atoms with E-state index in [1.807, 2.05) is 55.5 Å². The summed E-state index contributed by atoms with van der Waals surface area (Å²) in [5.74, 6) is 0.360. The summed E-state index contributed by atoms with van der Waals surface area (Å²) in [6, 6.07) is 18.6. The van der Waals surface area contributed by atoms with Gasteiger partial charge in [0.2, 0.25) is 5.91 Å². The highest BCUT2D eigenvalue weighted by molar-refractivity contribution is 7.80. The van der Waals surface area contributed by atoms with Gasteiger partial charge in [-0.3, -0.25) is 9.78 Å². The van der Waals surface area contributed by atoms with Crippen LogP contribution in [0.2, 0.25) is 10.0 Å². The number of aromatic nitrogens is 2. The Morgan fingerprint density at radius 2 is 1.90 bits per heavy atom. The van der Waals surface area contributed by atoms with Crippen LogP contribution in [0.4, 0.5) is 11.4 Å². The molecule has 10 heteroatoms. The molecule has 7 nitrogen and oxygen atoms in total. The first-order valence-corrected chi connectivity index (χ1v) is 13.5. The minimum atomic E-state index is -0.253. The van der Waals surface area contributed by atoms with E-state index in [9.17, 15) is 4.79 Å². The number of carbonyl (C=O) groups is 1. The van der Waals surface area contributed by atoms with Crippen LogP contribution in [0.3, 0.4) is 0 Å². The fraction of sp³-hybridized carbons (Fsp3) is 0.207. The zero-order chi connectivity index (χ0) is 27.8. The maximum absolute atomic E-state index is 11.9. The number of nitrogens with one attached hydrogen (secondary N) is 2. The SMILES string of the molecule is COc1ccc(N2C(=S)N[C@H](c3ccccn3)[C@@H]2c2cc(C)n(-c3ccc(Cl)cc3Cl)c2C)cc1NC(C)=O. The van der Waals surface area contributed by atoms with Crippen molar-refractivity contribution in [3.8, 4) is 11.4 Å². The number of amides is 1. The van der Waals surface area contributed by atoms with Gasteiger partial charge in [0.15, 0.2) is 5.11 Å². The molecular formula is C29H27Cl2N5O2S. The van der Waals surface area contributed by atoms with Gasteiger partial charge in [0.1, 0.15) is 5.75 Å². The predicted molar refractivity (Wildman–Crippen MR) is 160 cm³/mol. The molecule has 0 saturated carbocycles. The summed E-state index contributed by atoms with van der Waals surface area (Å²) in [6.07, 6.45) is 1.78. The number of methoxy groups -OCH3 is 1. The lowest BCUT2D eigenvalue weighted by atomic mass is 9.96. The molecular weight excluding hydrogens is 553 g/mol. The molecule has 1 fully saturated rings. The standard InChI is InChI=1S/C29H27Cl2N5O2S/c1-16-13-21(17(2)35(16)25-10-8-19(30)14-22(25)31)28-27(23-7-5-6-12-32-23)34-29(39)36(28)20-9-11-26(38-4)24(15-20)33-18(3)37/h5-15,27-28H,1-4H3,(H,33,37)(H,34,39)/t27-,28+/m1/s1. The fourth-order valence-electron chi connectivity index (χ4n) is 5.20.